The Hall–Kier alpha value is -0.900. The zero-order valence-electron chi connectivity index (χ0n) is 4.96. The van der Waals surface area contributed by atoms with Crippen LogP contribution >= 0.6 is 0 Å². The maximum Gasteiger partial charge on any atom is 0.140 e. The topological polar surface area (TPSA) is 54.3 Å². The fraction of sp³-hybridized carbons (Fsp3) is 0. The third-order valence-electron chi connectivity index (χ3n) is 1.08. The molecule has 0 bridgehead atoms. The Labute approximate surface area is 53.8 Å². The molecule has 0 spiro atoms. The van der Waals surface area contributed by atoms with E-state index in [0.29, 0.717) is 0 Å². The molecule has 0 amide bonds. The van der Waals surface area contributed by atoms with Crippen molar-refractivity contribution in [3.05, 3.63) is 36.2 Å². The number of benzene rings is 1. The van der Waals surface area contributed by atoms with Gasteiger partial charge < -0.3 is 5.84 Å². The standard InChI is InChI=1S/C6H9N3/c7-9(8)6-4-2-1-3-5-6/h1-5,7,9H,8H2. The van der Waals surface area contributed by atoms with Crippen LogP contribution in [0.25, 0.3) is 5.84 Å². The predicted molar refractivity (Wildman–Crippen MR) is 35.6 cm³/mol. The maximum atomic E-state index is 7.01. The molecular formula is C6H9N3. The van der Waals surface area contributed by atoms with Crippen LogP contribution in [0.2, 0.25) is 0 Å². The molecule has 0 saturated carbocycles. The first-order valence-corrected chi connectivity index (χ1v) is 2.70. The van der Waals surface area contributed by atoms with Gasteiger partial charge in [0, 0.05) is 12.1 Å². The fourth-order valence-electron chi connectivity index (χ4n) is 0.618. The van der Waals surface area contributed by atoms with Crippen LogP contribution in [0.15, 0.2) is 30.3 Å². The van der Waals surface area contributed by atoms with Gasteiger partial charge in [0.05, 0.1) is 0 Å². The summed E-state index contributed by atoms with van der Waals surface area (Å²) in [6, 6.07) is 9.23. The van der Waals surface area contributed by atoms with Gasteiger partial charge in [0.2, 0.25) is 0 Å². The molecule has 1 rings (SSSR count). The number of hydrogen-bond donors (Lipinski definition) is 2. The Kier molecular flexibility index (Phi) is 1.79. The lowest BCUT2D eigenvalue weighted by atomic mass is 10.3. The third-order valence-corrected chi connectivity index (χ3v) is 1.08. The van der Waals surface area contributed by atoms with Crippen molar-refractivity contribution in [2.24, 2.45) is 5.84 Å². The van der Waals surface area contributed by atoms with Crippen LogP contribution in [0.5, 0.6) is 0 Å². The highest BCUT2D eigenvalue weighted by Crippen LogP contribution is 1.96. The molecule has 1 aromatic carbocycles. The van der Waals surface area contributed by atoms with Crippen LogP contribution in [0.3, 0.4) is 0 Å². The summed E-state index contributed by atoms with van der Waals surface area (Å²) in [4.78, 5) is 0. The molecule has 48 valence electrons. The molecule has 4 N–H and O–H groups in total. The number of quaternary nitrogens is 1. The van der Waals surface area contributed by atoms with Gasteiger partial charge in [-0.3, -0.25) is 5.12 Å². The fourth-order valence-corrected chi connectivity index (χ4v) is 0.618. The van der Waals surface area contributed by atoms with Crippen LogP contribution in [0.4, 0.5) is 5.69 Å². The smallest absolute Gasteiger partial charge is 0.140 e. The number of nitrogen functional groups attached to an aromatic ring is 1. The Morgan fingerprint density at radius 1 is 1.22 bits per heavy atom. The van der Waals surface area contributed by atoms with E-state index >= 15 is 0 Å². The lowest BCUT2D eigenvalue weighted by Crippen LogP contribution is -3.06. The van der Waals surface area contributed by atoms with E-state index in [1.165, 1.54) is 0 Å². The van der Waals surface area contributed by atoms with Gasteiger partial charge in [0.15, 0.2) is 0 Å². The number of nitrogens with two attached hydrogens (primary N) is 1. The molecule has 0 aliphatic carbocycles. The first kappa shape index (κ1) is 6.22. The van der Waals surface area contributed by atoms with Crippen LogP contribution in [-0.2, 0) is 0 Å². The molecule has 0 heterocycles. The quantitative estimate of drug-likeness (QED) is 0.402. The second-order valence-electron chi connectivity index (χ2n) is 1.78. The van der Waals surface area contributed by atoms with E-state index in [0.717, 1.165) is 5.69 Å². The van der Waals surface area contributed by atoms with Gasteiger partial charge in [0.1, 0.15) is 5.69 Å². The van der Waals surface area contributed by atoms with Crippen molar-refractivity contribution >= 4 is 5.69 Å². The number of nitrogens with one attached hydrogen (secondary N) is 2. The monoisotopic (exact) mass is 123 g/mol. The SMILES string of the molecule is [NH-][NH+](N)c1ccccc1. The first-order valence-electron chi connectivity index (χ1n) is 2.70. The van der Waals surface area contributed by atoms with Gasteiger partial charge >= 0.3 is 0 Å². The summed E-state index contributed by atoms with van der Waals surface area (Å²) in [7, 11) is 0. The molecule has 1 atom stereocenters. The second kappa shape index (κ2) is 2.59. The maximum absolute atomic E-state index is 7.01. The molecule has 0 aliphatic heterocycles. The van der Waals surface area contributed by atoms with E-state index < -0.39 is 0 Å². The highest BCUT2D eigenvalue weighted by molar-refractivity contribution is 5.27. The number of rotatable bonds is 1. The molecule has 3 nitrogen and oxygen atoms in total. The van der Waals surface area contributed by atoms with Crippen LogP contribution < -0.4 is 11.0 Å². The van der Waals surface area contributed by atoms with Gasteiger partial charge in [-0.15, -0.1) is 0 Å². The molecule has 3 heteroatoms. The van der Waals surface area contributed by atoms with Crippen molar-refractivity contribution < 1.29 is 5.12 Å². The Morgan fingerprint density at radius 3 is 2.11 bits per heavy atom. The summed E-state index contributed by atoms with van der Waals surface area (Å²) in [6.07, 6.45) is 0. The van der Waals surface area contributed by atoms with Crippen LogP contribution in [0.1, 0.15) is 0 Å². The van der Waals surface area contributed by atoms with Crippen molar-refractivity contribution in [2.45, 2.75) is 0 Å². The highest BCUT2D eigenvalue weighted by Gasteiger charge is 1.90. The predicted octanol–water partition coefficient (Wildman–Crippen LogP) is 0.0439. The average Bonchev–Trinajstić information content (AvgIpc) is 1.90. The van der Waals surface area contributed by atoms with E-state index in [1.807, 2.05) is 30.3 Å². The van der Waals surface area contributed by atoms with Crippen molar-refractivity contribution in [3.8, 4) is 0 Å². The van der Waals surface area contributed by atoms with Gasteiger partial charge in [-0.25, -0.2) is 0 Å². The van der Waals surface area contributed by atoms with Crippen LogP contribution in [0, 0.1) is 0 Å². The lowest BCUT2D eigenvalue weighted by molar-refractivity contribution is -0.790. The summed E-state index contributed by atoms with van der Waals surface area (Å²) < 4.78 is 0. The number of para-hydroxylation sites is 1. The van der Waals surface area contributed by atoms with E-state index in [2.05, 4.69) is 0 Å². The van der Waals surface area contributed by atoms with Crippen molar-refractivity contribution in [2.75, 3.05) is 0 Å². The van der Waals surface area contributed by atoms with E-state index in [-0.39, 0.29) is 5.12 Å². The Balaban J connectivity index is 2.85. The van der Waals surface area contributed by atoms with Gasteiger partial charge in [0.25, 0.3) is 0 Å². The summed E-state index contributed by atoms with van der Waals surface area (Å²) in [5.41, 5.74) is 0.775. The highest BCUT2D eigenvalue weighted by atomic mass is 15.6. The minimum absolute atomic E-state index is 0.121. The lowest BCUT2D eigenvalue weighted by Gasteiger charge is -2.11. The van der Waals surface area contributed by atoms with E-state index in [1.54, 1.807) is 0 Å². The summed E-state index contributed by atoms with van der Waals surface area (Å²) in [6.45, 7) is 0. The Bertz CT molecular complexity index is 171. The minimum atomic E-state index is 0.121. The average molecular weight is 123 g/mol. The summed E-state index contributed by atoms with van der Waals surface area (Å²) >= 11 is 0. The molecule has 0 aromatic heterocycles. The molecule has 1 aromatic rings. The second-order valence-corrected chi connectivity index (χ2v) is 1.78. The third kappa shape index (κ3) is 1.50. The minimum Gasteiger partial charge on any atom is -0.443 e. The molecule has 0 fully saturated rings. The summed E-state index contributed by atoms with van der Waals surface area (Å²) in [5, 5.41) is 0.121. The Morgan fingerprint density at radius 2 is 1.78 bits per heavy atom. The van der Waals surface area contributed by atoms with Gasteiger partial charge in [-0.05, 0) is 0 Å². The molecule has 0 saturated heterocycles. The van der Waals surface area contributed by atoms with Crippen molar-refractivity contribution in [1.29, 1.82) is 0 Å². The zero-order valence-corrected chi connectivity index (χ0v) is 4.96. The molecule has 0 aliphatic rings. The van der Waals surface area contributed by atoms with E-state index in [4.69, 9.17) is 11.7 Å². The van der Waals surface area contributed by atoms with Crippen molar-refractivity contribution in [1.82, 2.24) is 0 Å². The largest absolute Gasteiger partial charge is 0.443 e. The zero-order chi connectivity index (χ0) is 6.69. The number of hydrogen-bond acceptors (Lipinski definition) is 1. The summed E-state index contributed by atoms with van der Waals surface area (Å²) in [5.74, 6) is 12.2. The molecular weight excluding hydrogens is 114 g/mol. The molecule has 1 unspecified atom stereocenters. The van der Waals surface area contributed by atoms with E-state index in [9.17, 15) is 0 Å². The van der Waals surface area contributed by atoms with Gasteiger partial charge in [-0.1, -0.05) is 18.2 Å². The van der Waals surface area contributed by atoms with Crippen LogP contribution in [-0.4, -0.2) is 0 Å². The molecule has 9 heavy (non-hydrogen) atoms. The first-order chi connectivity index (χ1) is 4.30. The normalized spacial score (nSPS) is 13.1. The van der Waals surface area contributed by atoms with Gasteiger partial charge in [-0.2, -0.15) is 5.84 Å². The van der Waals surface area contributed by atoms with Crippen molar-refractivity contribution in [3.63, 3.8) is 0 Å². The molecule has 0 radical (unpaired) electrons.